The zero-order valence-electron chi connectivity index (χ0n) is 10.0. The Hall–Kier alpha value is -0.710. The standard InChI is InChI=1S/C13H17ClF2N2/c14-13(15,16)12(18-17)8-10-6-3-5-9-4-1-2-7-11(9)10/h1-2,4,7,10,12,18H,3,5-6,8,17H2. The molecule has 0 aliphatic heterocycles. The minimum absolute atomic E-state index is 0.0978. The van der Waals surface area contributed by atoms with Gasteiger partial charge in [0.25, 0.3) is 0 Å². The summed E-state index contributed by atoms with van der Waals surface area (Å²) in [4.78, 5) is 0. The summed E-state index contributed by atoms with van der Waals surface area (Å²) < 4.78 is 26.3. The lowest BCUT2D eigenvalue weighted by molar-refractivity contribution is 0.0429. The average molecular weight is 275 g/mol. The number of fused-ring (bicyclic) bond motifs is 1. The second-order valence-electron chi connectivity index (χ2n) is 4.78. The number of aryl methyl sites for hydroxylation is 1. The average Bonchev–Trinajstić information content (AvgIpc) is 2.34. The maximum absolute atomic E-state index is 13.1. The Bertz CT molecular complexity index is 406. The van der Waals surface area contributed by atoms with Crippen LogP contribution in [0.5, 0.6) is 0 Å². The number of alkyl halides is 3. The van der Waals surface area contributed by atoms with E-state index in [0.717, 1.165) is 24.8 Å². The molecule has 0 aromatic heterocycles. The van der Waals surface area contributed by atoms with Crippen molar-refractivity contribution in [3.05, 3.63) is 35.4 Å². The van der Waals surface area contributed by atoms with E-state index in [2.05, 4.69) is 11.5 Å². The molecule has 0 amide bonds. The lowest BCUT2D eigenvalue weighted by Gasteiger charge is -2.30. The van der Waals surface area contributed by atoms with Crippen molar-refractivity contribution in [3.8, 4) is 0 Å². The van der Waals surface area contributed by atoms with E-state index in [9.17, 15) is 8.78 Å². The highest BCUT2D eigenvalue weighted by Crippen LogP contribution is 2.37. The Morgan fingerprint density at radius 1 is 1.44 bits per heavy atom. The third kappa shape index (κ3) is 2.99. The monoisotopic (exact) mass is 274 g/mol. The van der Waals surface area contributed by atoms with Gasteiger partial charge in [0.2, 0.25) is 0 Å². The maximum atomic E-state index is 13.1. The number of hydrazine groups is 1. The molecule has 3 N–H and O–H groups in total. The molecule has 2 unspecified atom stereocenters. The van der Waals surface area contributed by atoms with Crippen LogP contribution >= 0.6 is 11.6 Å². The van der Waals surface area contributed by atoms with Crippen LogP contribution in [-0.4, -0.2) is 11.4 Å². The molecule has 0 heterocycles. The molecule has 100 valence electrons. The molecule has 0 saturated heterocycles. The van der Waals surface area contributed by atoms with Crippen molar-refractivity contribution < 1.29 is 8.78 Å². The summed E-state index contributed by atoms with van der Waals surface area (Å²) in [6, 6.07) is 6.80. The van der Waals surface area contributed by atoms with Gasteiger partial charge in [-0.1, -0.05) is 24.3 Å². The van der Waals surface area contributed by atoms with Crippen molar-refractivity contribution in [2.24, 2.45) is 5.84 Å². The Labute approximate surface area is 110 Å². The molecule has 0 spiro atoms. The second kappa shape index (κ2) is 5.51. The first kappa shape index (κ1) is 13.7. The van der Waals surface area contributed by atoms with Crippen molar-refractivity contribution in [3.63, 3.8) is 0 Å². The van der Waals surface area contributed by atoms with Crippen molar-refractivity contribution >= 4 is 11.6 Å². The van der Waals surface area contributed by atoms with Crippen LogP contribution in [0.1, 0.15) is 36.3 Å². The highest BCUT2D eigenvalue weighted by molar-refractivity contribution is 6.22. The zero-order valence-corrected chi connectivity index (χ0v) is 10.8. The molecular formula is C13H17ClF2N2. The van der Waals surface area contributed by atoms with E-state index in [-0.39, 0.29) is 12.3 Å². The van der Waals surface area contributed by atoms with Gasteiger partial charge in [0.1, 0.15) is 6.04 Å². The Balaban J connectivity index is 2.16. The molecule has 0 fully saturated rings. The van der Waals surface area contributed by atoms with Crippen LogP contribution in [0.15, 0.2) is 24.3 Å². The molecule has 0 bridgehead atoms. The lowest BCUT2D eigenvalue weighted by Crippen LogP contribution is -2.46. The van der Waals surface area contributed by atoms with Gasteiger partial charge in [0.15, 0.2) is 0 Å². The van der Waals surface area contributed by atoms with Gasteiger partial charge in [0.05, 0.1) is 0 Å². The summed E-state index contributed by atoms with van der Waals surface area (Å²) in [7, 11) is 0. The van der Waals surface area contributed by atoms with Crippen LogP contribution < -0.4 is 11.3 Å². The zero-order chi connectivity index (χ0) is 13.2. The van der Waals surface area contributed by atoms with Crippen molar-refractivity contribution in [2.75, 3.05) is 0 Å². The van der Waals surface area contributed by atoms with Gasteiger partial charge in [-0.25, -0.2) is 5.43 Å². The molecule has 1 aromatic carbocycles. The maximum Gasteiger partial charge on any atom is 0.338 e. The number of hydrogen-bond acceptors (Lipinski definition) is 2. The predicted molar refractivity (Wildman–Crippen MR) is 68.6 cm³/mol. The number of halogens is 3. The second-order valence-corrected chi connectivity index (χ2v) is 5.29. The van der Waals surface area contributed by atoms with Crippen LogP contribution in [0.4, 0.5) is 8.78 Å². The van der Waals surface area contributed by atoms with E-state index in [0.29, 0.717) is 0 Å². The van der Waals surface area contributed by atoms with Gasteiger partial charge in [-0.15, -0.1) is 0 Å². The van der Waals surface area contributed by atoms with Gasteiger partial charge in [-0.2, -0.15) is 8.78 Å². The molecular weight excluding hydrogens is 258 g/mol. The Kier molecular flexibility index (Phi) is 4.20. The quantitative estimate of drug-likeness (QED) is 0.503. The molecule has 0 saturated carbocycles. The summed E-state index contributed by atoms with van der Waals surface area (Å²) in [6.07, 6.45) is 3.20. The van der Waals surface area contributed by atoms with Crippen LogP contribution in [-0.2, 0) is 6.42 Å². The van der Waals surface area contributed by atoms with Crippen molar-refractivity contribution in [2.45, 2.75) is 43.0 Å². The first-order chi connectivity index (χ1) is 8.52. The molecule has 2 rings (SSSR count). The number of benzene rings is 1. The van der Waals surface area contributed by atoms with Crippen LogP contribution in [0.2, 0.25) is 0 Å². The number of hydrogen-bond donors (Lipinski definition) is 2. The van der Waals surface area contributed by atoms with E-state index in [4.69, 9.17) is 17.4 Å². The molecule has 1 aliphatic rings. The summed E-state index contributed by atoms with van der Waals surface area (Å²) in [6.45, 7) is 0. The molecule has 2 atom stereocenters. The number of nitrogens with one attached hydrogen (secondary N) is 1. The fraction of sp³-hybridized carbons (Fsp3) is 0.538. The summed E-state index contributed by atoms with van der Waals surface area (Å²) in [5, 5.41) is -3.32. The van der Waals surface area contributed by atoms with Crippen molar-refractivity contribution in [1.82, 2.24) is 5.43 Å². The fourth-order valence-electron chi connectivity index (χ4n) is 2.68. The summed E-state index contributed by atoms with van der Waals surface area (Å²) in [5.74, 6) is 5.28. The topological polar surface area (TPSA) is 38.0 Å². The number of nitrogens with two attached hydrogens (primary N) is 1. The highest BCUT2D eigenvalue weighted by Gasteiger charge is 2.38. The molecule has 5 heteroatoms. The van der Waals surface area contributed by atoms with Gasteiger partial charge in [0, 0.05) is 0 Å². The predicted octanol–water partition coefficient (Wildman–Crippen LogP) is 3.16. The molecule has 1 aromatic rings. The Morgan fingerprint density at radius 3 is 2.83 bits per heavy atom. The van der Waals surface area contributed by atoms with E-state index < -0.39 is 11.4 Å². The van der Waals surface area contributed by atoms with Crippen molar-refractivity contribution in [1.29, 1.82) is 0 Å². The van der Waals surface area contributed by atoms with Gasteiger partial charge in [-0.3, -0.25) is 5.84 Å². The van der Waals surface area contributed by atoms with E-state index in [1.807, 2.05) is 18.2 Å². The minimum Gasteiger partial charge on any atom is -0.271 e. The lowest BCUT2D eigenvalue weighted by atomic mass is 9.79. The highest BCUT2D eigenvalue weighted by atomic mass is 35.5. The number of rotatable bonds is 4. The molecule has 2 nitrogen and oxygen atoms in total. The van der Waals surface area contributed by atoms with E-state index in [1.165, 1.54) is 5.56 Å². The minimum atomic E-state index is -3.32. The SMILES string of the molecule is NNC(CC1CCCc2ccccc21)C(F)(F)Cl. The molecule has 1 aliphatic carbocycles. The first-order valence-electron chi connectivity index (χ1n) is 6.13. The summed E-state index contributed by atoms with van der Waals surface area (Å²) >= 11 is 5.07. The molecule has 0 radical (unpaired) electrons. The normalized spacial score (nSPS) is 21.4. The smallest absolute Gasteiger partial charge is 0.271 e. The van der Waals surface area contributed by atoms with Gasteiger partial charge < -0.3 is 0 Å². The summed E-state index contributed by atoms with van der Waals surface area (Å²) in [5.41, 5.74) is 4.55. The largest absolute Gasteiger partial charge is 0.338 e. The third-order valence-electron chi connectivity index (χ3n) is 3.61. The van der Waals surface area contributed by atoms with Crippen LogP contribution in [0, 0.1) is 0 Å². The van der Waals surface area contributed by atoms with Gasteiger partial charge >= 0.3 is 5.38 Å². The third-order valence-corrected chi connectivity index (χ3v) is 3.87. The Morgan fingerprint density at radius 2 is 2.17 bits per heavy atom. The first-order valence-corrected chi connectivity index (χ1v) is 6.51. The molecule has 18 heavy (non-hydrogen) atoms. The van der Waals surface area contributed by atoms with Crippen LogP contribution in [0.3, 0.4) is 0 Å². The fourth-order valence-corrected chi connectivity index (χ4v) is 2.83. The van der Waals surface area contributed by atoms with E-state index >= 15 is 0 Å². The van der Waals surface area contributed by atoms with E-state index in [1.54, 1.807) is 0 Å². The van der Waals surface area contributed by atoms with Crippen LogP contribution in [0.25, 0.3) is 0 Å². The van der Waals surface area contributed by atoms with Gasteiger partial charge in [-0.05, 0) is 54.3 Å².